The van der Waals surface area contributed by atoms with Gasteiger partial charge >= 0.3 is 0 Å². The first kappa shape index (κ1) is 15.4. The Balaban J connectivity index is 1.96. The van der Waals surface area contributed by atoms with E-state index in [1.807, 2.05) is 31.2 Å². The molecule has 0 N–H and O–H groups in total. The molecule has 110 valence electrons. The smallest absolute Gasteiger partial charge is 0.175 e. The van der Waals surface area contributed by atoms with E-state index in [1.54, 1.807) is 31.4 Å². The molecule has 0 saturated carbocycles. The lowest BCUT2D eigenvalue weighted by Gasteiger charge is -2.05. The van der Waals surface area contributed by atoms with Gasteiger partial charge in [0.25, 0.3) is 0 Å². The molecule has 1 atom stereocenters. The first-order valence-corrected chi connectivity index (χ1v) is 8.15. The minimum absolute atomic E-state index is 0.0419. The number of aryl methyl sites for hydroxylation is 1. The van der Waals surface area contributed by atoms with Crippen molar-refractivity contribution in [2.45, 2.75) is 12.7 Å². The van der Waals surface area contributed by atoms with Crippen LogP contribution in [0.15, 0.2) is 48.5 Å². The molecule has 0 aliphatic heterocycles. The molecule has 0 fully saturated rings. The number of ketones is 1. The summed E-state index contributed by atoms with van der Waals surface area (Å²) >= 11 is 0. The molecule has 2 rings (SSSR count). The Morgan fingerprint density at radius 2 is 1.86 bits per heavy atom. The summed E-state index contributed by atoms with van der Waals surface area (Å²) < 4.78 is 17.1. The van der Waals surface area contributed by atoms with E-state index >= 15 is 0 Å². The topological polar surface area (TPSA) is 43.4 Å². The molecule has 0 amide bonds. The van der Waals surface area contributed by atoms with Gasteiger partial charge in [-0.3, -0.25) is 9.00 Å². The molecule has 0 radical (unpaired) electrons. The largest absolute Gasteiger partial charge is 0.497 e. The van der Waals surface area contributed by atoms with Gasteiger partial charge in [-0.1, -0.05) is 29.8 Å². The van der Waals surface area contributed by atoms with E-state index in [-0.39, 0.29) is 11.5 Å². The summed E-state index contributed by atoms with van der Waals surface area (Å²) in [6.07, 6.45) is 0. The van der Waals surface area contributed by atoms with Gasteiger partial charge in [0, 0.05) is 22.1 Å². The summed E-state index contributed by atoms with van der Waals surface area (Å²) in [4.78, 5) is 12.1. The van der Waals surface area contributed by atoms with Gasteiger partial charge in [-0.2, -0.15) is 0 Å². The number of carbonyl (C=O) groups is 1. The molecule has 0 aliphatic carbocycles. The van der Waals surface area contributed by atoms with Crippen molar-refractivity contribution in [1.82, 2.24) is 0 Å². The van der Waals surface area contributed by atoms with Crippen molar-refractivity contribution in [1.29, 1.82) is 0 Å². The maximum Gasteiger partial charge on any atom is 0.175 e. The Bertz CT molecular complexity index is 647. The van der Waals surface area contributed by atoms with Crippen molar-refractivity contribution in [2.75, 3.05) is 12.9 Å². The average molecular weight is 302 g/mol. The molecule has 21 heavy (non-hydrogen) atoms. The highest BCUT2D eigenvalue weighted by atomic mass is 32.2. The van der Waals surface area contributed by atoms with Gasteiger partial charge in [0.05, 0.1) is 12.9 Å². The summed E-state index contributed by atoms with van der Waals surface area (Å²) in [6.45, 7) is 1.99. The molecule has 0 aliphatic rings. The fourth-order valence-electron chi connectivity index (χ4n) is 2.05. The normalized spacial score (nSPS) is 11.9. The van der Waals surface area contributed by atoms with Gasteiger partial charge in [-0.05, 0) is 36.8 Å². The zero-order chi connectivity index (χ0) is 15.2. The maximum absolute atomic E-state index is 12.1. The third-order valence-electron chi connectivity index (χ3n) is 3.11. The summed E-state index contributed by atoms with van der Waals surface area (Å²) in [7, 11) is 0.379. The molecule has 0 aromatic heterocycles. The number of Topliss-reactive ketones (excluding diaryl/α,β-unsaturated/α-hetero) is 1. The Hall–Kier alpha value is -1.94. The standard InChI is InChI=1S/C17H18O3S/c1-13-4-3-5-14(10-13)11-21(19)12-17(18)15-6-8-16(20-2)9-7-15/h3-10H,11-12H2,1-2H3. The van der Waals surface area contributed by atoms with Crippen LogP contribution in [0.1, 0.15) is 21.5 Å². The van der Waals surface area contributed by atoms with E-state index in [0.717, 1.165) is 11.1 Å². The molecular weight excluding hydrogens is 284 g/mol. The summed E-state index contributed by atoms with van der Waals surface area (Å²) in [5, 5.41) is 0. The van der Waals surface area contributed by atoms with Crippen LogP contribution in [0.3, 0.4) is 0 Å². The van der Waals surface area contributed by atoms with Crippen LogP contribution >= 0.6 is 0 Å². The van der Waals surface area contributed by atoms with Crippen molar-refractivity contribution in [3.8, 4) is 5.75 Å². The predicted molar refractivity (Wildman–Crippen MR) is 85.2 cm³/mol. The van der Waals surface area contributed by atoms with Crippen LogP contribution in [0, 0.1) is 6.92 Å². The van der Waals surface area contributed by atoms with E-state index in [0.29, 0.717) is 17.1 Å². The molecule has 3 nitrogen and oxygen atoms in total. The molecular formula is C17H18O3S. The number of methoxy groups -OCH3 is 1. The van der Waals surface area contributed by atoms with Gasteiger partial charge in [0.1, 0.15) is 5.75 Å². The first-order chi connectivity index (χ1) is 10.1. The van der Waals surface area contributed by atoms with E-state index < -0.39 is 10.8 Å². The van der Waals surface area contributed by atoms with Crippen molar-refractivity contribution in [3.05, 3.63) is 65.2 Å². The van der Waals surface area contributed by atoms with Gasteiger partial charge in [0.15, 0.2) is 5.78 Å². The van der Waals surface area contributed by atoms with Gasteiger partial charge in [-0.25, -0.2) is 0 Å². The van der Waals surface area contributed by atoms with Gasteiger partial charge < -0.3 is 4.74 Å². The van der Waals surface area contributed by atoms with Crippen LogP contribution in [-0.4, -0.2) is 22.9 Å². The second kappa shape index (κ2) is 7.18. The molecule has 2 aromatic carbocycles. The van der Waals surface area contributed by atoms with Crippen LogP contribution in [0.4, 0.5) is 0 Å². The van der Waals surface area contributed by atoms with Crippen molar-refractivity contribution in [3.63, 3.8) is 0 Å². The molecule has 0 bridgehead atoms. The Labute approximate surface area is 127 Å². The quantitative estimate of drug-likeness (QED) is 0.770. The minimum Gasteiger partial charge on any atom is -0.497 e. The summed E-state index contributed by atoms with van der Waals surface area (Å²) in [5.74, 6) is 1.04. The molecule has 0 spiro atoms. The van der Waals surface area contributed by atoms with Crippen LogP contribution in [-0.2, 0) is 16.6 Å². The Morgan fingerprint density at radius 1 is 1.14 bits per heavy atom. The number of benzene rings is 2. The van der Waals surface area contributed by atoms with Crippen molar-refractivity contribution < 1.29 is 13.7 Å². The van der Waals surface area contributed by atoms with Crippen molar-refractivity contribution >= 4 is 16.6 Å². The summed E-state index contributed by atoms with van der Waals surface area (Å²) in [5.41, 5.74) is 2.69. The highest BCUT2D eigenvalue weighted by Gasteiger charge is 2.11. The van der Waals surface area contributed by atoms with E-state index in [4.69, 9.17) is 4.74 Å². The monoisotopic (exact) mass is 302 g/mol. The number of rotatable bonds is 6. The van der Waals surface area contributed by atoms with E-state index in [9.17, 15) is 9.00 Å². The first-order valence-electron chi connectivity index (χ1n) is 6.66. The molecule has 0 heterocycles. The number of carbonyl (C=O) groups excluding carboxylic acids is 1. The zero-order valence-electron chi connectivity index (χ0n) is 12.2. The zero-order valence-corrected chi connectivity index (χ0v) is 13.0. The number of hydrogen-bond donors (Lipinski definition) is 0. The molecule has 1 unspecified atom stereocenters. The second-order valence-corrected chi connectivity index (χ2v) is 6.33. The lowest BCUT2D eigenvalue weighted by Crippen LogP contribution is -2.12. The van der Waals surface area contributed by atoms with Crippen LogP contribution < -0.4 is 4.74 Å². The minimum atomic E-state index is -1.20. The second-order valence-electron chi connectivity index (χ2n) is 4.87. The SMILES string of the molecule is COc1ccc(C(=O)CS(=O)Cc2cccc(C)c2)cc1. The third-order valence-corrected chi connectivity index (χ3v) is 4.35. The highest BCUT2D eigenvalue weighted by molar-refractivity contribution is 7.85. The predicted octanol–water partition coefficient (Wildman–Crippen LogP) is 3.14. The fourth-order valence-corrected chi connectivity index (χ4v) is 3.16. The molecule has 2 aromatic rings. The Morgan fingerprint density at radius 3 is 2.48 bits per heavy atom. The average Bonchev–Trinajstić information content (AvgIpc) is 2.47. The lowest BCUT2D eigenvalue weighted by molar-refractivity contribution is 0.102. The van der Waals surface area contributed by atoms with Gasteiger partial charge in [-0.15, -0.1) is 0 Å². The molecule has 4 heteroatoms. The number of hydrogen-bond acceptors (Lipinski definition) is 3. The van der Waals surface area contributed by atoms with Crippen LogP contribution in [0.5, 0.6) is 5.75 Å². The van der Waals surface area contributed by atoms with Gasteiger partial charge in [0.2, 0.25) is 0 Å². The summed E-state index contributed by atoms with van der Waals surface area (Å²) in [6, 6.07) is 14.7. The maximum atomic E-state index is 12.1. The van der Waals surface area contributed by atoms with Crippen LogP contribution in [0.2, 0.25) is 0 Å². The van der Waals surface area contributed by atoms with E-state index in [1.165, 1.54) is 0 Å². The molecule has 0 saturated heterocycles. The fraction of sp³-hybridized carbons (Fsp3) is 0.235. The van der Waals surface area contributed by atoms with E-state index in [2.05, 4.69) is 0 Å². The van der Waals surface area contributed by atoms with Crippen molar-refractivity contribution in [2.24, 2.45) is 0 Å². The number of ether oxygens (including phenoxy) is 1. The lowest BCUT2D eigenvalue weighted by atomic mass is 10.1. The third kappa shape index (κ3) is 4.53. The highest BCUT2D eigenvalue weighted by Crippen LogP contribution is 2.13. The van der Waals surface area contributed by atoms with Crippen LogP contribution in [0.25, 0.3) is 0 Å². The Kier molecular flexibility index (Phi) is 5.28.